The van der Waals surface area contributed by atoms with Crippen molar-refractivity contribution in [1.82, 2.24) is 4.98 Å². The zero-order chi connectivity index (χ0) is 18.4. The predicted molar refractivity (Wildman–Crippen MR) is 103 cm³/mol. The Kier molecular flexibility index (Phi) is 6.13. The summed E-state index contributed by atoms with van der Waals surface area (Å²) in [4.78, 5) is 16.8. The summed E-state index contributed by atoms with van der Waals surface area (Å²) in [5.74, 6) is 0.868. The van der Waals surface area contributed by atoms with Gasteiger partial charge in [0.05, 0.1) is 17.9 Å². The first kappa shape index (κ1) is 18.3. The fourth-order valence-corrected chi connectivity index (χ4v) is 3.71. The maximum atomic E-state index is 12.2. The SMILES string of the molecule is CCOc1ccc(NC(=O)CSc2nc3c(cc2C#N)CCCC3)cc1. The standard InChI is InChI=1S/C20H21N3O2S/c1-2-25-17-9-7-16(8-10-17)22-19(24)13-26-20-15(12-21)11-14-5-3-4-6-18(14)23-20/h7-11H,2-6,13H2,1H3,(H,22,24). The van der Waals surface area contributed by atoms with Crippen LogP contribution in [-0.2, 0) is 17.6 Å². The summed E-state index contributed by atoms with van der Waals surface area (Å²) < 4.78 is 5.39. The number of aryl methyl sites for hydroxylation is 2. The molecule has 0 fully saturated rings. The maximum Gasteiger partial charge on any atom is 0.234 e. The molecule has 1 amide bonds. The van der Waals surface area contributed by atoms with Crippen LogP contribution in [0.1, 0.15) is 36.6 Å². The number of hydrogen-bond acceptors (Lipinski definition) is 5. The zero-order valence-corrected chi connectivity index (χ0v) is 15.6. The average molecular weight is 367 g/mol. The second-order valence-corrected chi connectivity index (χ2v) is 7.02. The van der Waals surface area contributed by atoms with Crippen LogP contribution in [0.4, 0.5) is 5.69 Å². The van der Waals surface area contributed by atoms with Crippen LogP contribution in [-0.4, -0.2) is 23.3 Å². The Balaban J connectivity index is 1.61. The molecule has 0 bridgehead atoms. The molecule has 0 atom stereocenters. The van der Waals surface area contributed by atoms with Gasteiger partial charge in [-0.3, -0.25) is 4.79 Å². The quantitative estimate of drug-likeness (QED) is 0.782. The third-order valence-corrected chi connectivity index (χ3v) is 5.17. The Morgan fingerprint density at radius 2 is 2.08 bits per heavy atom. The zero-order valence-electron chi connectivity index (χ0n) is 14.7. The number of fused-ring (bicyclic) bond motifs is 1. The summed E-state index contributed by atoms with van der Waals surface area (Å²) in [5, 5.41) is 12.9. The topological polar surface area (TPSA) is 75.0 Å². The molecule has 1 aliphatic rings. The third-order valence-electron chi connectivity index (χ3n) is 4.18. The van der Waals surface area contributed by atoms with Crippen molar-refractivity contribution in [1.29, 1.82) is 5.26 Å². The molecule has 1 heterocycles. The molecule has 6 heteroatoms. The largest absolute Gasteiger partial charge is 0.494 e. The Hall–Kier alpha value is -2.52. The van der Waals surface area contributed by atoms with Crippen LogP contribution in [0.15, 0.2) is 35.4 Å². The summed E-state index contributed by atoms with van der Waals surface area (Å²) >= 11 is 1.31. The highest BCUT2D eigenvalue weighted by Crippen LogP contribution is 2.27. The van der Waals surface area contributed by atoms with Crippen LogP contribution in [0, 0.1) is 11.3 Å². The number of rotatable bonds is 6. The van der Waals surface area contributed by atoms with E-state index in [0.29, 0.717) is 17.2 Å². The number of hydrogen-bond donors (Lipinski definition) is 1. The van der Waals surface area contributed by atoms with Crippen LogP contribution >= 0.6 is 11.8 Å². The molecule has 26 heavy (non-hydrogen) atoms. The first-order chi connectivity index (χ1) is 12.7. The molecule has 0 saturated heterocycles. The number of nitrogens with one attached hydrogen (secondary N) is 1. The van der Waals surface area contributed by atoms with E-state index in [4.69, 9.17) is 4.74 Å². The number of aromatic nitrogens is 1. The van der Waals surface area contributed by atoms with Gasteiger partial charge in [-0.2, -0.15) is 5.26 Å². The monoisotopic (exact) mass is 367 g/mol. The molecule has 0 radical (unpaired) electrons. The number of nitrogens with zero attached hydrogens (tertiary/aromatic N) is 2. The van der Waals surface area contributed by atoms with E-state index in [0.717, 1.165) is 42.8 Å². The molecular weight excluding hydrogens is 346 g/mol. The number of anilines is 1. The van der Waals surface area contributed by atoms with E-state index < -0.39 is 0 Å². The number of carbonyl (C=O) groups is 1. The van der Waals surface area contributed by atoms with Crippen LogP contribution in [0.2, 0.25) is 0 Å². The Morgan fingerprint density at radius 3 is 2.81 bits per heavy atom. The number of carbonyl (C=O) groups excluding carboxylic acids is 1. The first-order valence-electron chi connectivity index (χ1n) is 8.78. The second-order valence-electron chi connectivity index (χ2n) is 6.06. The van der Waals surface area contributed by atoms with Gasteiger partial charge in [-0.05, 0) is 68.5 Å². The van der Waals surface area contributed by atoms with E-state index in [-0.39, 0.29) is 11.7 Å². The lowest BCUT2D eigenvalue weighted by Crippen LogP contribution is -2.14. The minimum atomic E-state index is -0.123. The molecule has 2 aromatic rings. The van der Waals surface area contributed by atoms with Gasteiger partial charge in [0.1, 0.15) is 16.8 Å². The summed E-state index contributed by atoms with van der Waals surface area (Å²) in [6.07, 6.45) is 4.22. The van der Waals surface area contributed by atoms with E-state index >= 15 is 0 Å². The second kappa shape index (κ2) is 8.72. The minimum absolute atomic E-state index is 0.123. The smallest absolute Gasteiger partial charge is 0.234 e. The molecule has 1 aliphatic carbocycles. The molecule has 0 spiro atoms. The van der Waals surface area contributed by atoms with E-state index in [1.165, 1.54) is 17.3 Å². The molecule has 0 unspecified atom stereocenters. The van der Waals surface area contributed by atoms with Gasteiger partial charge in [-0.25, -0.2) is 4.98 Å². The van der Waals surface area contributed by atoms with Gasteiger partial charge in [0, 0.05) is 11.4 Å². The highest BCUT2D eigenvalue weighted by molar-refractivity contribution is 8.00. The summed E-state index contributed by atoms with van der Waals surface area (Å²) in [5.41, 5.74) is 3.53. The number of nitriles is 1. The molecule has 5 nitrogen and oxygen atoms in total. The van der Waals surface area contributed by atoms with Gasteiger partial charge in [0.25, 0.3) is 0 Å². The molecule has 0 aliphatic heterocycles. The number of pyridine rings is 1. The fourth-order valence-electron chi connectivity index (χ4n) is 2.94. The predicted octanol–water partition coefficient (Wildman–Crippen LogP) is 3.96. The van der Waals surface area contributed by atoms with E-state index in [9.17, 15) is 10.1 Å². The van der Waals surface area contributed by atoms with Gasteiger partial charge < -0.3 is 10.1 Å². The number of amides is 1. The van der Waals surface area contributed by atoms with E-state index in [1.54, 1.807) is 0 Å². The van der Waals surface area contributed by atoms with Crippen molar-refractivity contribution in [3.05, 3.63) is 47.2 Å². The van der Waals surface area contributed by atoms with Gasteiger partial charge in [-0.1, -0.05) is 11.8 Å². The lowest BCUT2D eigenvalue weighted by Gasteiger charge is -2.16. The van der Waals surface area contributed by atoms with Crippen molar-refractivity contribution >= 4 is 23.4 Å². The van der Waals surface area contributed by atoms with Gasteiger partial charge in [-0.15, -0.1) is 0 Å². The first-order valence-corrected chi connectivity index (χ1v) is 9.76. The molecule has 3 rings (SSSR count). The van der Waals surface area contributed by atoms with Crippen molar-refractivity contribution in [3.8, 4) is 11.8 Å². The minimum Gasteiger partial charge on any atom is -0.494 e. The van der Waals surface area contributed by atoms with Crippen molar-refractivity contribution in [2.75, 3.05) is 17.7 Å². The normalized spacial score (nSPS) is 12.8. The summed E-state index contributed by atoms with van der Waals surface area (Å²) in [7, 11) is 0. The molecule has 1 N–H and O–H groups in total. The maximum absolute atomic E-state index is 12.2. The number of ether oxygens (including phenoxy) is 1. The Labute approximate surface area is 157 Å². The highest BCUT2D eigenvalue weighted by Gasteiger charge is 2.16. The molecule has 134 valence electrons. The average Bonchev–Trinajstić information content (AvgIpc) is 2.67. The summed E-state index contributed by atoms with van der Waals surface area (Å²) in [6.45, 7) is 2.54. The van der Waals surface area contributed by atoms with Gasteiger partial charge in [0.2, 0.25) is 5.91 Å². The van der Waals surface area contributed by atoms with E-state index in [1.807, 2.05) is 37.3 Å². The number of benzene rings is 1. The van der Waals surface area contributed by atoms with Crippen molar-refractivity contribution in [2.24, 2.45) is 0 Å². The van der Waals surface area contributed by atoms with Crippen LogP contribution in [0.3, 0.4) is 0 Å². The summed E-state index contributed by atoms with van der Waals surface area (Å²) in [6, 6.07) is 11.4. The molecule has 0 saturated carbocycles. The Morgan fingerprint density at radius 1 is 1.31 bits per heavy atom. The van der Waals surface area contributed by atoms with Gasteiger partial charge in [0.15, 0.2) is 0 Å². The van der Waals surface area contributed by atoms with E-state index in [2.05, 4.69) is 16.4 Å². The highest BCUT2D eigenvalue weighted by atomic mass is 32.2. The van der Waals surface area contributed by atoms with Crippen LogP contribution in [0.25, 0.3) is 0 Å². The van der Waals surface area contributed by atoms with Crippen molar-refractivity contribution in [3.63, 3.8) is 0 Å². The molecule has 1 aromatic carbocycles. The number of thioether (sulfide) groups is 1. The van der Waals surface area contributed by atoms with Gasteiger partial charge >= 0.3 is 0 Å². The van der Waals surface area contributed by atoms with Crippen LogP contribution < -0.4 is 10.1 Å². The molecular formula is C20H21N3O2S. The lowest BCUT2D eigenvalue weighted by atomic mass is 9.95. The Bertz CT molecular complexity index is 828. The third kappa shape index (κ3) is 4.55. The van der Waals surface area contributed by atoms with Crippen molar-refractivity contribution in [2.45, 2.75) is 37.6 Å². The van der Waals surface area contributed by atoms with Crippen LogP contribution in [0.5, 0.6) is 5.75 Å². The van der Waals surface area contributed by atoms with Crippen molar-refractivity contribution < 1.29 is 9.53 Å². The fraction of sp³-hybridized carbons (Fsp3) is 0.350. The lowest BCUT2D eigenvalue weighted by molar-refractivity contribution is -0.113. The molecule has 1 aromatic heterocycles.